The van der Waals surface area contributed by atoms with Crippen LogP contribution in [0.15, 0.2) is 47.8 Å². The number of cyclic esters (lactones) is 1. The SMILES string of the molecule is C=C[C@@]1(O)C(=O)OCc2c1cc1n(c2=O)Cc2cc3c(OC)cccc3nc2-1. The second-order valence-electron chi connectivity index (χ2n) is 6.88. The minimum Gasteiger partial charge on any atom is -0.496 e. The zero-order valence-corrected chi connectivity index (χ0v) is 15.1. The molecule has 5 rings (SSSR count). The van der Waals surface area contributed by atoms with E-state index in [0.29, 0.717) is 23.7 Å². The third-order valence-corrected chi connectivity index (χ3v) is 5.45. The molecular weight excluding hydrogens is 360 g/mol. The molecule has 0 unspecified atom stereocenters. The maximum Gasteiger partial charge on any atom is 0.347 e. The number of benzene rings is 1. The Morgan fingerprint density at radius 3 is 2.93 bits per heavy atom. The van der Waals surface area contributed by atoms with E-state index in [2.05, 4.69) is 6.58 Å². The third-order valence-electron chi connectivity index (χ3n) is 5.45. The van der Waals surface area contributed by atoms with Crippen LogP contribution < -0.4 is 10.3 Å². The molecule has 0 spiro atoms. The topological polar surface area (TPSA) is 90.7 Å². The van der Waals surface area contributed by atoms with Crippen molar-refractivity contribution in [3.8, 4) is 17.1 Å². The van der Waals surface area contributed by atoms with E-state index in [-0.39, 0.29) is 23.3 Å². The van der Waals surface area contributed by atoms with Crippen LogP contribution in [0.5, 0.6) is 5.75 Å². The minimum absolute atomic E-state index is 0.178. The molecule has 4 heterocycles. The van der Waals surface area contributed by atoms with Gasteiger partial charge in [0.2, 0.25) is 5.60 Å². The van der Waals surface area contributed by atoms with Crippen molar-refractivity contribution in [1.29, 1.82) is 0 Å². The lowest BCUT2D eigenvalue weighted by Gasteiger charge is -2.30. The lowest BCUT2D eigenvalue weighted by Crippen LogP contribution is -2.43. The summed E-state index contributed by atoms with van der Waals surface area (Å²) in [6.07, 6.45) is 1.10. The van der Waals surface area contributed by atoms with Crippen LogP contribution in [-0.4, -0.2) is 27.7 Å². The van der Waals surface area contributed by atoms with Gasteiger partial charge in [-0.25, -0.2) is 9.78 Å². The van der Waals surface area contributed by atoms with Crippen LogP contribution in [0.1, 0.15) is 16.7 Å². The highest BCUT2D eigenvalue weighted by molar-refractivity contribution is 5.90. The molecule has 1 N–H and O–H groups in total. The summed E-state index contributed by atoms with van der Waals surface area (Å²) in [7, 11) is 1.60. The first-order valence-corrected chi connectivity index (χ1v) is 8.75. The number of esters is 1. The van der Waals surface area contributed by atoms with Gasteiger partial charge in [-0.15, -0.1) is 0 Å². The van der Waals surface area contributed by atoms with Gasteiger partial charge in [-0.2, -0.15) is 0 Å². The molecule has 0 saturated heterocycles. The molecule has 0 aliphatic carbocycles. The van der Waals surface area contributed by atoms with Crippen molar-refractivity contribution in [2.24, 2.45) is 0 Å². The maximum atomic E-state index is 13.1. The summed E-state index contributed by atoms with van der Waals surface area (Å²) in [6.45, 7) is 3.71. The Morgan fingerprint density at radius 2 is 2.18 bits per heavy atom. The van der Waals surface area contributed by atoms with Crippen molar-refractivity contribution in [2.75, 3.05) is 7.11 Å². The summed E-state index contributed by atoms with van der Waals surface area (Å²) in [5.74, 6) is -0.135. The smallest absolute Gasteiger partial charge is 0.347 e. The van der Waals surface area contributed by atoms with E-state index < -0.39 is 11.6 Å². The molecule has 7 heteroatoms. The predicted molar refractivity (Wildman–Crippen MR) is 101 cm³/mol. The summed E-state index contributed by atoms with van der Waals surface area (Å²) >= 11 is 0. The Morgan fingerprint density at radius 1 is 1.36 bits per heavy atom. The van der Waals surface area contributed by atoms with Gasteiger partial charge in [-0.1, -0.05) is 12.6 Å². The summed E-state index contributed by atoms with van der Waals surface area (Å²) < 4.78 is 12.0. The molecule has 1 aromatic carbocycles. The standard InChI is InChI=1S/C21H16N2O5/c1-3-21(26)14-8-16-18-11(7-12-15(22-18)5-4-6-17(12)27-2)9-23(16)19(24)13(14)10-28-20(21)25/h3-8,26H,1,9-10H2,2H3/t21-/m0/s1. The molecule has 0 saturated carbocycles. The van der Waals surface area contributed by atoms with Crippen LogP contribution in [0, 0.1) is 0 Å². The fourth-order valence-corrected chi connectivity index (χ4v) is 3.97. The molecule has 140 valence electrons. The number of nitrogens with zero attached hydrogens (tertiary/aromatic N) is 2. The number of ether oxygens (including phenoxy) is 2. The second-order valence-corrected chi connectivity index (χ2v) is 6.88. The lowest BCUT2D eigenvalue weighted by molar-refractivity contribution is -0.165. The maximum absolute atomic E-state index is 13.1. The van der Waals surface area contributed by atoms with Gasteiger partial charge in [-0.05, 0) is 30.3 Å². The summed E-state index contributed by atoms with van der Waals surface area (Å²) in [5, 5.41) is 11.6. The Kier molecular flexibility index (Phi) is 3.30. The lowest BCUT2D eigenvalue weighted by atomic mass is 9.88. The Labute approximate surface area is 159 Å². The van der Waals surface area contributed by atoms with Gasteiger partial charge in [0.1, 0.15) is 12.4 Å². The molecule has 28 heavy (non-hydrogen) atoms. The van der Waals surface area contributed by atoms with Crippen molar-refractivity contribution in [2.45, 2.75) is 18.8 Å². The van der Waals surface area contributed by atoms with Gasteiger partial charge in [0.05, 0.1) is 36.1 Å². The number of hydrogen-bond donors (Lipinski definition) is 1. The average molecular weight is 376 g/mol. The molecule has 0 radical (unpaired) electrons. The first-order chi connectivity index (χ1) is 13.5. The monoisotopic (exact) mass is 376 g/mol. The number of aliphatic hydroxyl groups is 1. The number of carbonyl (C=O) groups excluding carboxylic acids is 1. The van der Waals surface area contributed by atoms with Gasteiger partial charge >= 0.3 is 5.97 Å². The first kappa shape index (κ1) is 16.7. The molecule has 2 aliphatic rings. The zero-order chi connectivity index (χ0) is 19.6. The molecular formula is C21H16N2O5. The number of aromatic nitrogens is 2. The van der Waals surface area contributed by atoms with Crippen molar-refractivity contribution in [1.82, 2.24) is 9.55 Å². The number of fused-ring (bicyclic) bond motifs is 5. The van der Waals surface area contributed by atoms with Crippen LogP contribution in [0.25, 0.3) is 22.3 Å². The number of methoxy groups -OCH3 is 1. The van der Waals surface area contributed by atoms with Crippen LogP contribution in [-0.2, 0) is 28.3 Å². The fraction of sp³-hybridized carbons (Fsp3) is 0.190. The summed E-state index contributed by atoms with van der Waals surface area (Å²) in [6, 6.07) is 9.18. The van der Waals surface area contributed by atoms with Crippen LogP contribution in [0.3, 0.4) is 0 Å². The number of pyridine rings is 2. The van der Waals surface area contributed by atoms with Crippen LogP contribution >= 0.6 is 0 Å². The normalized spacial score (nSPS) is 19.6. The van der Waals surface area contributed by atoms with E-state index >= 15 is 0 Å². The molecule has 3 aromatic rings. The van der Waals surface area contributed by atoms with Gasteiger partial charge < -0.3 is 19.1 Å². The number of hydrogen-bond acceptors (Lipinski definition) is 6. The van der Waals surface area contributed by atoms with Gasteiger partial charge in [-0.3, -0.25) is 4.79 Å². The van der Waals surface area contributed by atoms with E-state index in [1.165, 1.54) is 0 Å². The van der Waals surface area contributed by atoms with Crippen molar-refractivity contribution in [3.05, 3.63) is 70.0 Å². The van der Waals surface area contributed by atoms with E-state index in [1.807, 2.05) is 24.3 Å². The zero-order valence-electron chi connectivity index (χ0n) is 15.1. The molecule has 0 amide bonds. The highest BCUT2D eigenvalue weighted by Crippen LogP contribution is 2.38. The first-order valence-electron chi connectivity index (χ1n) is 8.75. The van der Waals surface area contributed by atoms with Gasteiger partial charge in [0, 0.05) is 16.5 Å². The Balaban J connectivity index is 1.80. The summed E-state index contributed by atoms with van der Waals surface area (Å²) in [5.41, 5.74) is 0.890. The van der Waals surface area contributed by atoms with Crippen molar-refractivity contribution < 1.29 is 19.4 Å². The highest BCUT2D eigenvalue weighted by atomic mass is 16.6. The number of carbonyl (C=O) groups is 1. The van der Waals surface area contributed by atoms with E-state index in [1.54, 1.807) is 17.7 Å². The second kappa shape index (κ2) is 5.53. The third kappa shape index (κ3) is 1.99. The minimum atomic E-state index is -2.05. The molecule has 2 aliphatic heterocycles. The summed E-state index contributed by atoms with van der Waals surface area (Å²) in [4.78, 5) is 29.9. The molecule has 0 fully saturated rings. The van der Waals surface area contributed by atoms with Gasteiger partial charge in [0.25, 0.3) is 5.56 Å². The molecule has 7 nitrogen and oxygen atoms in total. The Bertz CT molecular complexity index is 1260. The average Bonchev–Trinajstić information content (AvgIpc) is 3.07. The van der Waals surface area contributed by atoms with Crippen LogP contribution in [0.4, 0.5) is 0 Å². The fourth-order valence-electron chi connectivity index (χ4n) is 3.97. The molecule has 1 atom stereocenters. The predicted octanol–water partition coefficient (Wildman–Crippen LogP) is 1.86. The van der Waals surface area contributed by atoms with Crippen molar-refractivity contribution in [3.63, 3.8) is 0 Å². The Hall–Kier alpha value is -3.45. The van der Waals surface area contributed by atoms with E-state index in [9.17, 15) is 14.7 Å². The highest BCUT2D eigenvalue weighted by Gasteiger charge is 2.44. The van der Waals surface area contributed by atoms with Crippen LogP contribution in [0.2, 0.25) is 0 Å². The molecule has 0 bridgehead atoms. The quantitative estimate of drug-likeness (QED) is 0.424. The van der Waals surface area contributed by atoms with Crippen molar-refractivity contribution >= 4 is 16.9 Å². The van der Waals surface area contributed by atoms with E-state index in [0.717, 1.165) is 22.5 Å². The van der Waals surface area contributed by atoms with Gasteiger partial charge in [0.15, 0.2) is 0 Å². The van der Waals surface area contributed by atoms with E-state index in [4.69, 9.17) is 14.5 Å². The largest absolute Gasteiger partial charge is 0.496 e. The number of rotatable bonds is 2. The molecule has 2 aromatic heterocycles.